The van der Waals surface area contributed by atoms with E-state index in [9.17, 15) is 30.7 Å². The molecule has 0 bridgehead atoms. The number of halogens is 7. The summed E-state index contributed by atoms with van der Waals surface area (Å²) in [6.07, 6.45) is -4.68. The first kappa shape index (κ1) is 30.8. The third kappa shape index (κ3) is 8.83. The fourth-order valence-corrected chi connectivity index (χ4v) is 3.77. The number of hydrogen-bond acceptors (Lipinski definition) is 7. The molecule has 2 aromatic rings. The summed E-state index contributed by atoms with van der Waals surface area (Å²) in [4.78, 5) is 24.2. The van der Waals surface area contributed by atoms with Crippen LogP contribution in [0.3, 0.4) is 0 Å². The van der Waals surface area contributed by atoms with Crippen LogP contribution in [0.4, 0.5) is 30.7 Å². The van der Waals surface area contributed by atoms with E-state index in [0.29, 0.717) is 19.1 Å². The fourth-order valence-electron chi connectivity index (χ4n) is 3.77. The summed E-state index contributed by atoms with van der Waals surface area (Å²) in [6.45, 7) is 4.51. The number of fused-ring (bicyclic) bond motifs is 1. The van der Waals surface area contributed by atoms with Crippen molar-refractivity contribution in [3.05, 3.63) is 42.1 Å². The summed E-state index contributed by atoms with van der Waals surface area (Å²) < 4.78 is 90.4. The molecule has 2 saturated heterocycles. The first-order valence-corrected chi connectivity index (χ1v) is 10.6. The molecule has 2 N–H and O–H groups in total. The predicted octanol–water partition coefficient (Wildman–Crippen LogP) is 2.75. The molecular formula is C21H23F7N4O6. The van der Waals surface area contributed by atoms with Crippen LogP contribution in [0.5, 0.6) is 5.88 Å². The normalized spacial score (nSPS) is 21.0. The van der Waals surface area contributed by atoms with E-state index in [2.05, 4.69) is 15.0 Å². The molecule has 2 aromatic heterocycles. The number of carboxylic acid groups (broad SMARTS) is 2. The van der Waals surface area contributed by atoms with Gasteiger partial charge in [0.2, 0.25) is 5.88 Å². The van der Waals surface area contributed by atoms with Crippen molar-refractivity contribution >= 4 is 11.9 Å². The van der Waals surface area contributed by atoms with Gasteiger partial charge in [-0.3, -0.25) is 9.58 Å². The number of likely N-dealkylation sites (tertiary alicyclic amines) is 1. The second-order valence-corrected chi connectivity index (χ2v) is 8.45. The molecule has 4 heterocycles. The van der Waals surface area contributed by atoms with Gasteiger partial charge in [-0.1, -0.05) is 0 Å². The number of rotatable bonds is 5. The average molecular weight is 560 g/mol. The van der Waals surface area contributed by atoms with E-state index in [1.165, 1.54) is 11.6 Å². The third-order valence-electron chi connectivity index (χ3n) is 5.46. The molecule has 0 amide bonds. The maximum Gasteiger partial charge on any atom is 0.490 e. The molecule has 2 atom stereocenters. The van der Waals surface area contributed by atoms with E-state index in [0.717, 1.165) is 26.2 Å². The second kappa shape index (κ2) is 12.4. The van der Waals surface area contributed by atoms with E-state index < -0.39 is 30.1 Å². The number of nitrogens with zero attached hydrogens (tertiary/aromatic N) is 4. The number of aryl methyl sites for hydroxylation is 1. The summed E-state index contributed by atoms with van der Waals surface area (Å²) >= 11 is 0. The van der Waals surface area contributed by atoms with Crippen LogP contribution in [-0.4, -0.2) is 87.1 Å². The maximum atomic E-state index is 13.7. The number of aromatic nitrogens is 3. The first-order valence-electron chi connectivity index (χ1n) is 10.6. The van der Waals surface area contributed by atoms with Crippen LogP contribution in [0.25, 0.3) is 0 Å². The van der Waals surface area contributed by atoms with Gasteiger partial charge in [0.15, 0.2) is 5.82 Å². The van der Waals surface area contributed by atoms with E-state index >= 15 is 0 Å². The Morgan fingerprint density at radius 1 is 1.18 bits per heavy atom. The third-order valence-corrected chi connectivity index (χ3v) is 5.46. The highest BCUT2D eigenvalue weighted by Crippen LogP contribution is 2.42. The van der Waals surface area contributed by atoms with Crippen molar-refractivity contribution in [2.75, 3.05) is 32.9 Å². The molecule has 2 aliphatic heterocycles. The lowest BCUT2D eigenvalue weighted by Gasteiger charge is -2.27. The monoisotopic (exact) mass is 560 g/mol. The van der Waals surface area contributed by atoms with Gasteiger partial charge in [-0.15, -0.1) is 0 Å². The Kier molecular flexibility index (Phi) is 10.0. The maximum absolute atomic E-state index is 13.7. The predicted molar refractivity (Wildman–Crippen MR) is 112 cm³/mol. The van der Waals surface area contributed by atoms with Crippen LogP contribution in [0, 0.1) is 17.2 Å². The largest absolute Gasteiger partial charge is 0.490 e. The fraction of sp³-hybridized carbons (Fsp3) is 0.524. The van der Waals surface area contributed by atoms with Gasteiger partial charge in [-0.25, -0.2) is 19.0 Å². The number of ether oxygens (including phenoxy) is 2. The zero-order valence-corrected chi connectivity index (χ0v) is 19.7. The van der Waals surface area contributed by atoms with Gasteiger partial charge in [0, 0.05) is 56.0 Å². The zero-order chi connectivity index (χ0) is 28.7. The minimum absolute atomic E-state index is 0.0724. The van der Waals surface area contributed by atoms with Crippen LogP contribution < -0.4 is 4.74 Å². The highest BCUT2D eigenvalue weighted by molar-refractivity contribution is 5.73. The van der Waals surface area contributed by atoms with Crippen LogP contribution in [0.15, 0.2) is 30.7 Å². The van der Waals surface area contributed by atoms with Crippen molar-refractivity contribution < 1.29 is 60.0 Å². The molecule has 0 spiro atoms. The van der Waals surface area contributed by atoms with Crippen LogP contribution in [0.2, 0.25) is 0 Å². The first-order chi connectivity index (χ1) is 17.5. The van der Waals surface area contributed by atoms with Gasteiger partial charge in [-0.05, 0) is 12.1 Å². The molecular weight excluding hydrogens is 537 g/mol. The topological polar surface area (TPSA) is 127 Å². The van der Waals surface area contributed by atoms with Crippen molar-refractivity contribution in [3.8, 4) is 5.88 Å². The van der Waals surface area contributed by atoms with Gasteiger partial charge in [0.1, 0.15) is 0 Å². The van der Waals surface area contributed by atoms with Crippen molar-refractivity contribution in [1.29, 1.82) is 0 Å². The van der Waals surface area contributed by atoms with Crippen LogP contribution in [-0.2, 0) is 27.9 Å². The Bertz CT molecular complexity index is 1070. The van der Waals surface area contributed by atoms with Gasteiger partial charge >= 0.3 is 24.3 Å². The number of hydrogen-bond donors (Lipinski definition) is 2. The highest BCUT2D eigenvalue weighted by atomic mass is 19.4. The average Bonchev–Trinajstić information content (AvgIpc) is 3.47. The Hall–Kier alpha value is -3.47. The van der Waals surface area contributed by atoms with Gasteiger partial charge < -0.3 is 19.7 Å². The molecule has 0 unspecified atom stereocenters. The van der Waals surface area contributed by atoms with E-state index in [1.54, 1.807) is 12.3 Å². The SMILES string of the molecule is Cn1cc(CN2C[C@@H]3COC[C@]3(COc3ncccc3F)C2)cn1.O=C(O)C(F)(F)F.O=C(O)C(F)(F)F. The summed E-state index contributed by atoms with van der Waals surface area (Å²) in [5.41, 5.74) is 1.11. The summed E-state index contributed by atoms with van der Waals surface area (Å²) in [6, 6.07) is 2.93. The molecule has 10 nitrogen and oxygen atoms in total. The molecule has 212 valence electrons. The standard InChI is InChI=1S/C17H21FN4O2.2C2HF3O2/c1-21-6-13(5-20-21)7-22-8-14-9-23-11-17(14,10-22)12-24-16-15(18)3-2-4-19-16;2*3-2(4,5)1(6)7/h2-6,14H,7-12H2,1H3;2*(H,6,7)/t14-,17+;;/m1../s1. The molecule has 17 heteroatoms. The van der Waals surface area contributed by atoms with Gasteiger partial charge in [0.25, 0.3) is 0 Å². The minimum atomic E-state index is -5.08. The van der Waals surface area contributed by atoms with Crippen molar-refractivity contribution in [3.63, 3.8) is 0 Å². The summed E-state index contributed by atoms with van der Waals surface area (Å²) in [5, 5.41) is 18.5. The summed E-state index contributed by atoms with van der Waals surface area (Å²) in [7, 11) is 1.92. The number of carbonyl (C=O) groups is 2. The van der Waals surface area contributed by atoms with Crippen LogP contribution in [0.1, 0.15) is 5.56 Å². The van der Waals surface area contributed by atoms with E-state index in [4.69, 9.17) is 29.3 Å². The molecule has 38 heavy (non-hydrogen) atoms. The van der Waals surface area contributed by atoms with Crippen molar-refractivity contribution in [1.82, 2.24) is 19.7 Å². The number of pyridine rings is 1. The Morgan fingerprint density at radius 3 is 2.29 bits per heavy atom. The number of alkyl halides is 6. The molecule has 2 aliphatic rings. The quantitative estimate of drug-likeness (QED) is 0.531. The second-order valence-electron chi connectivity index (χ2n) is 8.45. The minimum Gasteiger partial charge on any atom is -0.475 e. The highest BCUT2D eigenvalue weighted by Gasteiger charge is 2.51. The lowest BCUT2D eigenvalue weighted by atomic mass is 9.82. The zero-order valence-electron chi connectivity index (χ0n) is 19.7. The number of aliphatic carboxylic acids is 2. The molecule has 0 saturated carbocycles. The van der Waals surface area contributed by atoms with Crippen LogP contribution >= 0.6 is 0 Å². The lowest BCUT2D eigenvalue weighted by Crippen LogP contribution is -2.37. The van der Waals surface area contributed by atoms with Gasteiger partial charge in [0.05, 0.1) is 26.0 Å². The van der Waals surface area contributed by atoms with Gasteiger partial charge in [-0.2, -0.15) is 31.4 Å². The van der Waals surface area contributed by atoms with Crippen molar-refractivity contribution in [2.45, 2.75) is 18.9 Å². The Labute approximate surface area is 210 Å². The Balaban J connectivity index is 0.000000301. The molecule has 0 radical (unpaired) electrons. The van der Waals surface area contributed by atoms with E-state index in [-0.39, 0.29) is 11.3 Å². The molecule has 0 aromatic carbocycles. The Morgan fingerprint density at radius 2 is 1.79 bits per heavy atom. The molecule has 0 aliphatic carbocycles. The molecule has 4 rings (SSSR count). The van der Waals surface area contributed by atoms with Crippen molar-refractivity contribution in [2.24, 2.45) is 18.4 Å². The smallest absolute Gasteiger partial charge is 0.475 e. The summed E-state index contributed by atoms with van der Waals surface area (Å²) in [5.74, 6) is -5.46. The lowest BCUT2D eigenvalue weighted by molar-refractivity contribution is -0.193. The number of carboxylic acids is 2. The molecule has 2 fully saturated rings. The van der Waals surface area contributed by atoms with E-state index in [1.807, 2.05) is 24.1 Å².